The summed E-state index contributed by atoms with van der Waals surface area (Å²) in [7, 11) is 0. The Labute approximate surface area is 99.0 Å². The minimum atomic E-state index is -0.0245. The largest absolute Gasteiger partial charge is 0.334 e. The molecule has 1 aliphatic rings. The lowest BCUT2D eigenvalue weighted by molar-refractivity contribution is 0.0604. The van der Waals surface area contributed by atoms with Crippen LogP contribution in [0.5, 0.6) is 0 Å². The molecule has 0 spiro atoms. The lowest BCUT2D eigenvalue weighted by Crippen LogP contribution is -2.57. The molecule has 1 saturated heterocycles. The van der Waals surface area contributed by atoms with Crippen LogP contribution in [0.3, 0.4) is 0 Å². The molecule has 0 radical (unpaired) electrons. The van der Waals surface area contributed by atoms with Crippen molar-refractivity contribution < 1.29 is 4.79 Å². The van der Waals surface area contributed by atoms with E-state index in [-0.39, 0.29) is 11.9 Å². The van der Waals surface area contributed by atoms with Gasteiger partial charge in [-0.15, -0.1) is 0 Å². The molecular weight excluding hydrogens is 214 g/mol. The molecule has 4 heteroatoms. The van der Waals surface area contributed by atoms with Gasteiger partial charge in [0.2, 0.25) is 0 Å². The van der Waals surface area contributed by atoms with Gasteiger partial charge in [0.05, 0.1) is 0 Å². The molecule has 1 amide bonds. The second-order valence-corrected chi connectivity index (χ2v) is 4.35. The Morgan fingerprint density at radius 3 is 2.82 bits per heavy atom. The monoisotopic (exact) mass is 227 g/mol. The predicted molar refractivity (Wildman–Crippen MR) is 65.6 cm³/mol. The number of carbonyl (C=O) groups excluding carboxylic acids is 1. The Morgan fingerprint density at radius 2 is 2.06 bits per heavy atom. The normalized spacial score (nSPS) is 15.9. The number of aromatic nitrogens is 1. The summed E-state index contributed by atoms with van der Waals surface area (Å²) < 4.78 is 0. The third-order valence-corrected chi connectivity index (χ3v) is 3.07. The molecule has 2 N–H and O–H groups in total. The maximum absolute atomic E-state index is 12.2. The number of nitrogens with two attached hydrogens (primary N) is 1. The second kappa shape index (κ2) is 3.82. The Hall–Kier alpha value is -1.94. The summed E-state index contributed by atoms with van der Waals surface area (Å²) in [6, 6.07) is 9.81. The van der Waals surface area contributed by atoms with E-state index in [0.29, 0.717) is 18.8 Å². The van der Waals surface area contributed by atoms with E-state index in [2.05, 4.69) is 4.98 Å². The van der Waals surface area contributed by atoms with Gasteiger partial charge in [0.1, 0.15) is 5.69 Å². The number of hydrogen-bond acceptors (Lipinski definition) is 3. The Balaban J connectivity index is 2.02. The van der Waals surface area contributed by atoms with E-state index < -0.39 is 0 Å². The molecule has 2 aromatic rings. The summed E-state index contributed by atoms with van der Waals surface area (Å²) in [6.45, 7) is 1.26. The number of rotatable bonds is 1. The van der Waals surface area contributed by atoms with E-state index in [1.54, 1.807) is 11.1 Å². The van der Waals surface area contributed by atoms with Crippen LogP contribution in [0.1, 0.15) is 10.5 Å². The Morgan fingerprint density at radius 1 is 1.29 bits per heavy atom. The number of likely N-dealkylation sites (tertiary alicyclic amines) is 1. The maximum Gasteiger partial charge on any atom is 0.273 e. The number of pyridine rings is 1. The minimum absolute atomic E-state index is 0.0245. The highest BCUT2D eigenvalue weighted by Gasteiger charge is 2.29. The zero-order valence-corrected chi connectivity index (χ0v) is 9.34. The standard InChI is InChI=1S/C13H13N3O/c14-10-7-16(8-10)13(17)12-11-4-2-1-3-9(11)5-6-15-12/h1-6,10H,7-8,14H2. The van der Waals surface area contributed by atoms with Crippen molar-refractivity contribution in [2.45, 2.75) is 6.04 Å². The van der Waals surface area contributed by atoms with Gasteiger partial charge in [0.15, 0.2) is 0 Å². The lowest BCUT2D eigenvalue weighted by Gasteiger charge is -2.36. The van der Waals surface area contributed by atoms with Gasteiger partial charge >= 0.3 is 0 Å². The average Bonchev–Trinajstić information content (AvgIpc) is 2.33. The van der Waals surface area contributed by atoms with E-state index >= 15 is 0 Å². The van der Waals surface area contributed by atoms with Crippen LogP contribution >= 0.6 is 0 Å². The van der Waals surface area contributed by atoms with Crippen LogP contribution in [0.2, 0.25) is 0 Å². The first kappa shape index (κ1) is 10.2. The van der Waals surface area contributed by atoms with Crippen molar-refractivity contribution >= 4 is 16.7 Å². The highest BCUT2D eigenvalue weighted by molar-refractivity contribution is 6.05. The van der Waals surface area contributed by atoms with Crippen LogP contribution in [0.4, 0.5) is 0 Å². The highest BCUT2D eigenvalue weighted by Crippen LogP contribution is 2.19. The first-order valence-electron chi connectivity index (χ1n) is 5.64. The van der Waals surface area contributed by atoms with Crippen molar-refractivity contribution in [3.05, 3.63) is 42.2 Å². The van der Waals surface area contributed by atoms with Gasteiger partial charge in [-0.1, -0.05) is 24.3 Å². The maximum atomic E-state index is 12.2. The molecule has 2 heterocycles. The first-order valence-corrected chi connectivity index (χ1v) is 5.64. The first-order chi connectivity index (χ1) is 8.25. The van der Waals surface area contributed by atoms with Crippen molar-refractivity contribution in [3.63, 3.8) is 0 Å². The molecule has 3 rings (SSSR count). The summed E-state index contributed by atoms with van der Waals surface area (Å²) in [5.41, 5.74) is 6.21. The minimum Gasteiger partial charge on any atom is -0.334 e. The van der Waals surface area contributed by atoms with Gasteiger partial charge in [-0.3, -0.25) is 9.78 Å². The van der Waals surface area contributed by atoms with Gasteiger partial charge in [-0.05, 0) is 11.5 Å². The molecule has 0 saturated carbocycles. The summed E-state index contributed by atoms with van der Waals surface area (Å²) in [5.74, 6) is -0.0245. The molecule has 0 aliphatic carbocycles. The lowest BCUT2D eigenvalue weighted by atomic mass is 10.1. The van der Waals surface area contributed by atoms with Crippen molar-refractivity contribution in [3.8, 4) is 0 Å². The average molecular weight is 227 g/mol. The number of fused-ring (bicyclic) bond motifs is 1. The fourth-order valence-electron chi connectivity index (χ4n) is 2.12. The number of benzene rings is 1. The predicted octanol–water partition coefficient (Wildman–Crippen LogP) is 1.02. The number of carbonyl (C=O) groups is 1. The summed E-state index contributed by atoms with van der Waals surface area (Å²) in [6.07, 6.45) is 1.68. The quantitative estimate of drug-likeness (QED) is 0.791. The molecule has 0 atom stereocenters. The van der Waals surface area contributed by atoms with Crippen LogP contribution in [-0.2, 0) is 0 Å². The van der Waals surface area contributed by atoms with Crippen molar-refractivity contribution in [1.29, 1.82) is 0 Å². The molecule has 17 heavy (non-hydrogen) atoms. The third kappa shape index (κ3) is 1.66. The second-order valence-electron chi connectivity index (χ2n) is 4.35. The van der Waals surface area contributed by atoms with E-state index in [4.69, 9.17) is 5.73 Å². The molecule has 0 unspecified atom stereocenters. The number of amides is 1. The van der Waals surface area contributed by atoms with Crippen LogP contribution in [-0.4, -0.2) is 34.9 Å². The molecule has 4 nitrogen and oxygen atoms in total. The van der Waals surface area contributed by atoms with Gasteiger partial charge in [0, 0.05) is 30.7 Å². The Bertz CT molecular complexity index is 570. The smallest absolute Gasteiger partial charge is 0.273 e. The van der Waals surface area contributed by atoms with E-state index in [0.717, 1.165) is 10.8 Å². The SMILES string of the molecule is NC1CN(C(=O)c2nccc3ccccc23)C1. The fourth-order valence-corrected chi connectivity index (χ4v) is 2.12. The van der Waals surface area contributed by atoms with Gasteiger partial charge in [-0.25, -0.2) is 0 Å². The molecule has 1 aromatic carbocycles. The van der Waals surface area contributed by atoms with Gasteiger partial charge in [-0.2, -0.15) is 0 Å². The van der Waals surface area contributed by atoms with E-state index in [1.165, 1.54) is 0 Å². The summed E-state index contributed by atoms with van der Waals surface area (Å²) >= 11 is 0. The van der Waals surface area contributed by atoms with E-state index in [9.17, 15) is 4.79 Å². The Kier molecular flexibility index (Phi) is 2.30. The van der Waals surface area contributed by atoms with Crippen LogP contribution < -0.4 is 5.73 Å². The third-order valence-electron chi connectivity index (χ3n) is 3.07. The number of hydrogen-bond donors (Lipinski definition) is 1. The topological polar surface area (TPSA) is 59.2 Å². The molecule has 1 aromatic heterocycles. The van der Waals surface area contributed by atoms with Crippen LogP contribution in [0, 0.1) is 0 Å². The zero-order chi connectivity index (χ0) is 11.8. The van der Waals surface area contributed by atoms with Gasteiger partial charge < -0.3 is 10.6 Å². The van der Waals surface area contributed by atoms with E-state index in [1.807, 2.05) is 30.3 Å². The van der Waals surface area contributed by atoms with Crippen molar-refractivity contribution in [2.24, 2.45) is 5.73 Å². The van der Waals surface area contributed by atoms with Gasteiger partial charge in [0.25, 0.3) is 5.91 Å². The van der Waals surface area contributed by atoms with Crippen LogP contribution in [0.15, 0.2) is 36.5 Å². The number of nitrogens with zero attached hydrogens (tertiary/aromatic N) is 2. The molecule has 1 aliphatic heterocycles. The fraction of sp³-hybridized carbons (Fsp3) is 0.231. The highest BCUT2D eigenvalue weighted by atomic mass is 16.2. The molecule has 0 bridgehead atoms. The van der Waals surface area contributed by atoms with Crippen molar-refractivity contribution in [2.75, 3.05) is 13.1 Å². The molecule has 1 fully saturated rings. The molecular formula is C13H13N3O. The van der Waals surface area contributed by atoms with Crippen LogP contribution in [0.25, 0.3) is 10.8 Å². The summed E-state index contributed by atoms with van der Waals surface area (Å²) in [4.78, 5) is 18.1. The van der Waals surface area contributed by atoms with Crippen molar-refractivity contribution in [1.82, 2.24) is 9.88 Å². The zero-order valence-electron chi connectivity index (χ0n) is 9.34. The molecule has 86 valence electrons. The summed E-state index contributed by atoms with van der Waals surface area (Å²) in [5, 5.41) is 1.94.